The number of esters is 2. The van der Waals surface area contributed by atoms with Crippen LogP contribution in [0.25, 0.3) is 0 Å². The monoisotopic (exact) mass is 234 g/mol. The van der Waals surface area contributed by atoms with E-state index in [2.05, 4.69) is 4.74 Å². The summed E-state index contributed by atoms with van der Waals surface area (Å²) >= 11 is 0. The number of carbonyl (C=O) groups excluding carboxylic acids is 2. The fraction of sp³-hybridized carbons (Fsp3) is 0.385. The molecule has 0 aromatic heterocycles. The number of carbonyl (C=O) groups is 2. The molecule has 1 aliphatic rings. The zero-order chi connectivity index (χ0) is 12.5. The summed E-state index contributed by atoms with van der Waals surface area (Å²) in [5.41, 5.74) is 0.419. The van der Waals surface area contributed by atoms with Crippen LogP contribution in [0.3, 0.4) is 0 Å². The van der Waals surface area contributed by atoms with Crippen molar-refractivity contribution < 1.29 is 19.1 Å². The van der Waals surface area contributed by atoms with Crippen molar-refractivity contribution in [1.82, 2.24) is 0 Å². The van der Waals surface area contributed by atoms with E-state index in [4.69, 9.17) is 4.74 Å². The molecule has 1 heterocycles. The Morgan fingerprint density at radius 1 is 1.24 bits per heavy atom. The number of ether oxygens (including phenoxy) is 2. The zero-order valence-corrected chi connectivity index (χ0v) is 9.86. The number of cyclic esters (lactones) is 2. The first kappa shape index (κ1) is 11.6. The molecule has 0 atom stereocenters. The molecular weight excluding hydrogens is 220 g/mol. The third-order valence-electron chi connectivity index (χ3n) is 3.06. The van der Waals surface area contributed by atoms with Gasteiger partial charge in [0.2, 0.25) is 0 Å². The Hall–Kier alpha value is -1.84. The van der Waals surface area contributed by atoms with Gasteiger partial charge in [-0.1, -0.05) is 19.1 Å². The first-order chi connectivity index (χ1) is 8.03. The Balaban J connectivity index is 2.36. The van der Waals surface area contributed by atoms with E-state index in [0.29, 0.717) is 0 Å². The molecule has 0 amide bonds. The predicted molar refractivity (Wildman–Crippen MR) is 60.7 cm³/mol. The van der Waals surface area contributed by atoms with Crippen LogP contribution in [0.15, 0.2) is 24.3 Å². The Kier molecular flexibility index (Phi) is 2.88. The Labute approximate surface area is 99.5 Å². The number of hydrogen-bond acceptors (Lipinski definition) is 4. The molecule has 4 nitrogen and oxygen atoms in total. The molecule has 1 aliphatic heterocycles. The van der Waals surface area contributed by atoms with E-state index in [1.54, 1.807) is 7.11 Å². The molecule has 0 spiro atoms. The van der Waals surface area contributed by atoms with E-state index in [-0.39, 0.29) is 12.8 Å². The van der Waals surface area contributed by atoms with Gasteiger partial charge in [0.1, 0.15) is 5.75 Å². The fourth-order valence-electron chi connectivity index (χ4n) is 2.10. The van der Waals surface area contributed by atoms with Crippen LogP contribution in [0.1, 0.15) is 25.3 Å². The van der Waals surface area contributed by atoms with Crippen LogP contribution in [0.2, 0.25) is 0 Å². The Morgan fingerprint density at radius 3 is 2.47 bits per heavy atom. The van der Waals surface area contributed by atoms with Crippen molar-refractivity contribution in [2.45, 2.75) is 25.2 Å². The maximum absolute atomic E-state index is 11.3. The zero-order valence-electron chi connectivity index (χ0n) is 9.86. The summed E-state index contributed by atoms with van der Waals surface area (Å²) in [5.74, 6) is -0.215. The van der Waals surface area contributed by atoms with Gasteiger partial charge < -0.3 is 9.47 Å². The van der Waals surface area contributed by atoms with Crippen LogP contribution < -0.4 is 4.74 Å². The van der Waals surface area contributed by atoms with Crippen molar-refractivity contribution in [2.24, 2.45) is 0 Å². The van der Waals surface area contributed by atoms with E-state index in [9.17, 15) is 9.59 Å². The van der Waals surface area contributed by atoms with E-state index in [1.807, 2.05) is 31.2 Å². The van der Waals surface area contributed by atoms with Crippen molar-refractivity contribution >= 4 is 11.9 Å². The second-order valence-corrected chi connectivity index (χ2v) is 4.49. The van der Waals surface area contributed by atoms with Crippen LogP contribution in [0.5, 0.6) is 5.75 Å². The highest BCUT2D eigenvalue weighted by Crippen LogP contribution is 2.36. The third-order valence-corrected chi connectivity index (χ3v) is 3.06. The molecule has 0 unspecified atom stereocenters. The maximum Gasteiger partial charge on any atom is 0.314 e. The van der Waals surface area contributed by atoms with Gasteiger partial charge in [-0.15, -0.1) is 0 Å². The first-order valence-corrected chi connectivity index (χ1v) is 5.41. The molecular formula is C13H14O4. The van der Waals surface area contributed by atoms with Gasteiger partial charge >= 0.3 is 11.9 Å². The Bertz CT molecular complexity index is 448. The summed E-state index contributed by atoms with van der Waals surface area (Å²) in [4.78, 5) is 22.7. The average Bonchev–Trinajstić information content (AvgIpc) is 2.27. The predicted octanol–water partition coefficient (Wildman–Crippen LogP) is 1.82. The number of rotatable bonds is 2. The summed E-state index contributed by atoms with van der Waals surface area (Å²) in [6.07, 6.45) is 0.428. The summed E-state index contributed by atoms with van der Waals surface area (Å²) < 4.78 is 9.69. The number of hydrogen-bond donors (Lipinski definition) is 0. The highest BCUT2D eigenvalue weighted by Gasteiger charge is 2.38. The lowest BCUT2D eigenvalue weighted by molar-refractivity contribution is -0.166. The molecule has 1 saturated heterocycles. The van der Waals surface area contributed by atoms with Gasteiger partial charge in [-0.2, -0.15) is 0 Å². The van der Waals surface area contributed by atoms with Crippen LogP contribution in [0, 0.1) is 0 Å². The molecule has 0 radical (unpaired) electrons. The van der Waals surface area contributed by atoms with E-state index in [1.165, 1.54) is 0 Å². The molecule has 0 N–H and O–H groups in total. The van der Waals surface area contributed by atoms with E-state index < -0.39 is 17.4 Å². The molecule has 0 saturated carbocycles. The van der Waals surface area contributed by atoms with Crippen LogP contribution >= 0.6 is 0 Å². The third kappa shape index (κ3) is 2.30. The second kappa shape index (κ2) is 4.20. The van der Waals surface area contributed by atoms with Gasteiger partial charge in [0.25, 0.3) is 0 Å². The van der Waals surface area contributed by atoms with Crippen LogP contribution in [-0.4, -0.2) is 19.0 Å². The van der Waals surface area contributed by atoms with E-state index >= 15 is 0 Å². The van der Waals surface area contributed by atoms with Crippen molar-refractivity contribution in [3.05, 3.63) is 29.8 Å². The molecule has 1 aromatic rings. The lowest BCUT2D eigenvalue weighted by Gasteiger charge is -2.31. The quantitative estimate of drug-likeness (QED) is 0.578. The standard InChI is InChI=1S/C13H14O4/c1-13(7-11(14)17-12(15)8-13)9-4-3-5-10(6-9)16-2/h3-6H,7-8H2,1-2H3. The number of methoxy groups -OCH3 is 1. The summed E-state index contributed by atoms with van der Waals surface area (Å²) in [5, 5.41) is 0. The maximum atomic E-state index is 11.3. The van der Waals surface area contributed by atoms with Gasteiger partial charge in [-0.25, -0.2) is 0 Å². The molecule has 2 rings (SSSR count). The largest absolute Gasteiger partial charge is 0.497 e. The van der Waals surface area contributed by atoms with E-state index in [0.717, 1.165) is 11.3 Å². The topological polar surface area (TPSA) is 52.6 Å². The normalized spacial score (nSPS) is 18.7. The van der Waals surface area contributed by atoms with Gasteiger partial charge in [0.15, 0.2) is 0 Å². The lowest BCUT2D eigenvalue weighted by Crippen LogP contribution is -2.36. The fourth-order valence-corrected chi connectivity index (χ4v) is 2.10. The van der Waals surface area contributed by atoms with Crippen molar-refractivity contribution in [3.63, 3.8) is 0 Å². The molecule has 17 heavy (non-hydrogen) atoms. The van der Waals surface area contributed by atoms with Crippen molar-refractivity contribution in [2.75, 3.05) is 7.11 Å². The number of benzene rings is 1. The van der Waals surface area contributed by atoms with Gasteiger partial charge in [-0.05, 0) is 17.7 Å². The smallest absolute Gasteiger partial charge is 0.314 e. The molecule has 4 heteroatoms. The Morgan fingerprint density at radius 2 is 1.88 bits per heavy atom. The molecule has 0 bridgehead atoms. The SMILES string of the molecule is COc1cccc(C2(C)CC(=O)OC(=O)C2)c1. The summed E-state index contributed by atoms with van der Waals surface area (Å²) in [6.45, 7) is 1.89. The highest BCUT2D eigenvalue weighted by molar-refractivity contribution is 5.90. The molecule has 1 fully saturated rings. The molecule has 90 valence electrons. The minimum Gasteiger partial charge on any atom is -0.497 e. The summed E-state index contributed by atoms with van der Waals surface area (Å²) in [6, 6.07) is 7.43. The minimum absolute atomic E-state index is 0.214. The lowest BCUT2D eigenvalue weighted by atomic mass is 9.75. The average molecular weight is 234 g/mol. The highest BCUT2D eigenvalue weighted by atomic mass is 16.6. The summed E-state index contributed by atoms with van der Waals surface area (Å²) in [7, 11) is 1.59. The first-order valence-electron chi connectivity index (χ1n) is 5.41. The van der Waals surface area contributed by atoms with Gasteiger partial charge in [-0.3, -0.25) is 9.59 Å². The van der Waals surface area contributed by atoms with Crippen molar-refractivity contribution in [1.29, 1.82) is 0 Å². The molecule has 1 aromatic carbocycles. The second-order valence-electron chi connectivity index (χ2n) is 4.49. The van der Waals surface area contributed by atoms with Crippen molar-refractivity contribution in [3.8, 4) is 5.75 Å². The van der Waals surface area contributed by atoms with Crippen LogP contribution in [-0.2, 0) is 19.7 Å². The van der Waals surface area contributed by atoms with Gasteiger partial charge in [0, 0.05) is 5.41 Å². The minimum atomic E-state index is -0.499. The van der Waals surface area contributed by atoms with Gasteiger partial charge in [0.05, 0.1) is 20.0 Å². The van der Waals surface area contributed by atoms with Crippen LogP contribution in [0.4, 0.5) is 0 Å². The molecule has 0 aliphatic carbocycles.